The normalized spacial score (nSPS) is 12.8. The van der Waals surface area contributed by atoms with Crippen LogP contribution < -0.4 is 5.32 Å². The van der Waals surface area contributed by atoms with Gasteiger partial charge in [0, 0.05) is 35.2 Å². The van der Waals surface area contributed by atoms with Gasteiger partial charge in [0.25, 0.3) is 0 Å². The van der Waals surface area contributed by atoms with Gasteiger partial charge >= 0.3 is 6.09 Å². The van der Waals surface area contributed by atoms with Crippen LogP contribution in [0.2, 0.25) is 5.02 Å². The monoisotopic (exact) mass is 404 g/mol. The summed E-state index contributed by atoms with van der Waals surface area (Å²) in [6.45, 7) is 11.5. The van der Waals surface area contributed by atoms with E-state index in [9.17, 15) is 4.79 Å². The van der Waals surface area contributed by atoms with Crippen molar-refractivity contribution < 1.29 is 9.53 Å². The van der Waals surface area contributed by atoms with E-state index in [4.69, 9.17) is 16.3 Å². The lowest BCUT2D eigenvalue weighted by molar-refractivity contribution is 0.0261. The van der Waals surface area contributed by atoms with Crippen molar-refractivity contribution >= 4 is 33.6 Å². The van der Waals surface area contributed by atoms with Crippen LogP contribution in [0.4, 0.5) is 4.79 Å². The van der Waals surface area contributed by atoms with Crippen LogP contribution in [-0.4, -0.2) is 36.2 Å². The number of nitrogens with zero attached hydrogens (tertiary/aromatic N) is 1. The summed E-state index contributed by atoms with van der Waals surface area (Å²) in [4.78, 5) is 13.8. The first kappa shape index (κ1) is 20.3. The molecule has 6 heteroatoms. The molecule has 1 atom stereocenters. The van der Waals surface area contributed by atoms with Crippen LogP contribution in [0.15, 0.2) is 22.7 Å². The van der Waals surface area contributed by atoms with Gasteiger partial charge in [0.05, 0.1) is 0 Å². The molecular weight excluding hydrogens is 380 g/mol. The molecule has 0 aromatic heterocycles. The molecule has 1 N–H and O–H groups in total. The maximum absolute atomic E-state index is 12.1. The van der Waals surface area contributed by atoms with Crippen LogP contribution in [0.3, 0.4) is 0 Å². The topological polar surface area (TPSA) is 41.6 Å². The van der Waals surface area contributed by atoms with Crippen molar-refractivity contribution in [1.82, 2.24) is 10.2 Å². The highest BCUT2D eigenvalue weighted by molar-refractivity contribution is 9.10. The number of halogens is 2. The van der Waals surface area contributed by atoms with Crippen LogP contribution in [0.1, 0.15) is 46.2 Å². The van der Waals surface area contributed by atoms with Gasteiger partial charge in [0.2, 0.25) is 0 Å². The molecule has 0 aliphatic rings. The molecule has 1 unspecified atom stereocenters. The number of carbonyl (C=O) groups excluding carboxylic acids is 1. The number of likely N-dealkylation sites (N-methyl/N-ethyl adjacent to an activating group) is 1. The highest BCUT2D eigenvalue weighted by atomic mass is 79.9. The lowest BCUT2D eigenvalue weighted by Gasteiger charge is -2.27. The average Bonchev–Trinajstić information content (AvgIpc) is 2.41. The number of rotatable bonds is 6. The van der Waals surface area contributed by atoms with Gasteiger partial charge in [-0.1, -0.05) is 33.6 Å². The minimum atomic E-state index is -0.476. The SMILES string of the molecule is CCN(CCNC(C)c1ccc(Br)cc1Cl)C(=O)OC(C)(C)C. The summed E-state index contributed by atoms with van der Waals surface area (Å²) in [5.74, 6) is 0. The first-order valence-corrected chi connectivity index (χ1v) is 8.97. The maximum atomic E-state index is 12.1. The third kappa shape index (κ3) is 7.10. The van der Waals surface area contributed by atoms with E-state index < -0.39 is 5.60 Å². The molecule has 4 nitrogen and oxygen atoms in total. The van der Waals surface area contributed by atoms with Gasteiger partial charge in [-0.25, -0.2) is 4.79 Å². The third-order valence-corrected chi connectivity index (χ3v) is 4.12. The lowest BCUT2D eigenvalue weighted by atomic mass is 10.1. The fourth-order valence-electron chi connectivity index (χ4n) is 2.08. The standard InChI is InChI=1S/C17H26BrClN2O2/c1-6-21(16(22)23-17(3,4)5)10-9-20-12(2)14-8-7-13(18)11-15(14)19/h7-8,11-12,20H,6,9-10H2,1-5H3. The van der Waals surface area contributed by atoms with E-state index in [1.54, 1.807) is 4.90 Å². The largest absolute Gasteiger partial charge is 0.444 e. The highest BCUT2D eigenvalue weighted by Crippen LogP contribution is 2.26. The Morgan fingerprint density at radius 1 is 1.43 bits per heavy atom. The Bertz CT molecular complexity index is 532. The molecule has 0 heterocycles. The van der Waals surface area contributed by atoms with Crippen molar-refractivity contribution in [3.63, 3.8) is 0 Å². The fourth-order valence-corrected chi connectivity index (χ4v) is 2.92. The minimum Gasteiger partial charge on any atom is -0.444 e. The van der Waals surface area contributed by atoms with Crippen LogP contribution in [0.25, 0.3) is 0 Å². The van der Waals surface area contributed by atoms with Crippen molar-refractivity contribution in [2.24, 2.45) is 0 Å². The van der Waals surface area contributed by atoms with E-state index in [0.29, 0.717) is 19.6 Å². The quantitative estimate of drug-likeness (QED) is 0.723. The Balaban J connectivity index is 2.52. The van der Waals surface area contributed by atoms with Crippen LogP contribution in [0.5, 0.6) is 0 Å². The second kappa shape index (κ2) is 8.90. The molecule has 23 heavy (non-hydrogen) atoms. The predicted molar refractivity (Wildman–Crippen MR) is 99.1 cm³/mol. The molecule has 0 radical (unpaired) electrons. The number of carbonyl (C=O) groups is 1. The number of ether oxygens (including phenoxy) is 1. The second-order valence-corrected chi connectivity index (χ2v) is 7.72. The van der Waals surface area contributed by atoms with E-state index in [-0.39, 0.29) is 12.1 Å². The predicted octanol–water partition coefficient (Wildman–Crippen LogP) is 5.01. The second-order valence-electron chi connectivity index (χ2n) is 6.40. The van der Waals surface area contributed by atoms with Crippen LogP contribution in [-0.2, 0) is 4.74 Å². The number of nitrogens with one attached hydrogen (secondary N) is 1. The summed E-state index contributed by atoms with van der Waals surface area (Å²) in [6.07, 6.45) is -0.281. The fraction of sp³-hybridized carbons (Fsp3) is 0.588. The smallest absolute Gasteiger partial charge is 0.410 e. The van der Waals surface area contributed by atoms with Gasteiger partial charge in [0.15, 0.2) is 0 Å². The van der Waals surface area contributed by atoms with Crippen molar-refractivity contribution in [2.75, 3.05) is 19.6 Å². The number of benzene rings is 1. The van der Waals surface area contributed by atoms with Gasteiger partial charge in [-0.05, 0) is 52.3 Å². The highest BCUT2D eigenvalue weighted by Gasteiger charge is 2.21. The van der Waals surface area contributed by atoms with E-state index in [0.717, 1.165) is 15.1 Å². The Kier molecular flexibility index (Phi) is 7.84. The molecule has 1 aromatic carbocycles. The summed E-state index contributed by atoms with van der Waals surface area (Å²) in [5.41, 5.74) is 0.561. The lowest BCUT2D eigenvalue weighted by Crippen LogP contribution is -2.40. The molecular formula is C17H26BrClN2O2. The van der Waals surface area contributed by atoms with Gasteiger partial charge < -0.3 is 15.0 Å². The number of hydrogen-bond donors (Lipinski definition) is 1. The Morgan fingerprint density at radius 2 is 2.09 bits per heavy atom. The van der Waals surface area contributed by atoms with Crippen molar-refractivity contribution in [2.45, 2.75) is 46.3 Å². The molecule has 1 rings (SSSR count). The van der Waals surface area contributed by atoms with Gasteiger partial charge in [-0.15, -0.1) is 0 Å². The van der Waals surface area contributed by atoms with E-state index in [1.807, 2.05) is 45.9 Å². The van der Waals surface area contributed by atoms with Crippen molar-refractivity contribution in [3.05, 3.63) is 33.3 Å². The summed E-state index contributed by atoms with van der Waals surface area (Å²) >= 11 is 9.67. The molecule has 0 aliphatic heterocycles. The zero-order valence-corrected chi connectivity index (χ0v) is 16.8. The third-order valence-electron chi connectivity index (χ3n) is 3.29. The molecule has 0 saturated carbocycles. The first-order valence-electron chi connectivity index (χ1n) is 7.80. The number of amides is 1. The first-order chi connectivity index (χ1) is 10.6. The Labute approximate surface area is 152 Å². The average molecular weight is 406 g/mol. The van der Waals surface area contributed by atoms with Crippen LogP contribution in [0, 0.1) is 0 Å². The number of hydrogen-bond acceptors (Lipinski definition) is 3. The molecule has 0 aliphatic carbocycles. The molecule has 0 fully saturated rings. The van der Waals surface area contributed by atoms with Gasteiger partial charge in [-0.3, -0.25) is 0 Å². The Hall–Kier alpha value is -0.780. The van der Waals surface area contributed by atoms with E-state index in [2.05, 4.69) is 28.2 Å². The van der Waals surface area contributed by atoms with Crippen molar-refractivity contribution in [1.29, 1.82) is 0 Å². The van der Waals surface area contributed by atoms with Gasteiger partial charge in [-0.2, -0.15) is 0 Å². The van der Waals surface area contributed by atoms with E-state index >= 15 is 0 Å². The van der Waals surface area contributed by atoms with E-state index in [1.165, 1.54) is 0 Å². The molecule has 0 bridgehead atoms. The molecule has 130 valence electrons. The van der Waals surface area contributed by atoms with Crippen molar-refractivity contribution in [3.8, 4) is 0 Å². The zero-order chi connectivity index (χ0) is 17.6. The van der Waals surface area contributed by atoms with Crippen LogP contribution >= 0.6 is 27.5 Å². The molecule has 1 aromatic rings. The van der Waals surface area contributed by atoms with Gasteiger partial charge in [0.1, 0.15) is 5.60 Å². The summed E-state index contributed by atoms with van der Waals surface area (Å²) in [7, 11) is 0. The summed E-state index contributed by atoms with van der Waals surface area (Å²) < 4.78 is 6.36. The zero-order valence-electron chi connectivity index (χ0n) is 14.5. The summed E-state index contributed by atoms with van der Waals surface area (Å²) in [6, 6.07) is 5.95. The molecule has 1 amide bonds. The maximum Gasteiger partial charge on any atom is 0.410 e. The Morgan fingerprint density at radius 3 is 2.61 bits per heavy atom. The summed E-state index contributed by atoms with van der Waals surface area (Å²) in [5, 5.41) is 4.11. The molecule has 0 saturated heterocycles. The minimum absolute atomic E-state index is 0.105. The molecule has 0 spiro atoms.